The Bertz CT molecular complexity index is 1040. The van der Waals surface area contributed by atoms with Crippen molar-refractivity contribution in [3.63, 3.8) is 0 Å². The normalized spacial score (nSPS) is 15.4. The van der Waals surface area contributed by atoms with Gasteiger partial charge in [0.25, 0.3) is 0 Å². The van der Waals surface area contributed by atoms with Crippen molar-refractivity contribution in [3.05, 3.63) is 107 Å². The van der Waals surface area contributed by atoms with Crippen molar-refractivity contribution in [2.75, 3.05) is 0 Å². The van der Waals surface area contributed by atoms with Gasteiger partial charge in [0.05, 0.1) is 24.9 Å². The number of nitriles is 1. The lowest BCUT2D eigenvalue weighted by atomic mass is 9.69. The summed E-state index contributed by atoms with van der Waals surface area (Å²) in [6, 6.07) is 31.0. The molecule has 0 saturated heterocycles. The summed E-state index contributed by atoms with van der Waals surface area (Å²) in [5, 5.41) is 10.8. The SMILES string of the molecule is Cc1cccc([C@](C#N)(c2ccccc2)[C@H](O[Si](C)(C)C)[C@H](C)OCc2ccccc2)c1. The molecular formula is C28H33NO2Si. The summed E-state index contributed by atoms with van der Waals surface area (Å²) in [5.74, 6) is 0. The lowest BCUT2D eigenvalue weighted by Gasteiger charge is -2.42. The van der Waals surface area contributed by atoms with E-state index in [9.17, 15) is 5.26 Å². The van der Waals surface area contributed by atoms with Gasteiger partial charge >= 0.3 is 0 Å². The number of aryl methyl sites for hydroxylation is 1. The fourth-order valence-corrected chi connectivity index (χ4v) is 5.22. The second-order valence-corrected chi connectivity index (χ2v) is 13.8. The highest BCUT2D eigenvalue weighted by Crippen LogP contribution is 2.40. The quantitative estimate of drug-likeness (QED) is 0.349. The van der Waals surface area contributed by atoms with E-state index in [4.69, 9.17) is 9.16 Å². The fourth-order valence-electron chi connectivity index (χ4n) is 4.09. The molecule has 0 aromatic heterocycles. The van der Waals surface area contributed by atoms with Crippen LogP contribution >= 0.6 is 0 Å². The number of benzene rings is 3. The van der Waals surface area contributed by atoms with Crippen molar-refractivity contribution >= 4 is 8.32 Å². The summed E-state index contributed by atoms with van der Waals surface area (Å²) >= 11 is 0. The average Bonchev–Trinajstić information content (AvgIpc) is 2.78. The highest BCUT2D eigenvalue weighted by Gasteiger charge is 2.48. The fraction of sp³-hybridized carbons (Fsp3) is 0.321. The van der Waals surface area contributed by atoms with Gasteiger partial charge in [0.2, 0.25) is 0 Å². The van der Waals surface area contributed by atoms with Crippen LogP contribution in [0.1, 0.15) is 29.2 Å². The zero-order valence-corrected chi connectivity index (χ0v) is 20.7. The Morgan fingerprint density at radius 1 is 0.875 bits per heavy atom. The van der Waals surface area contributed by atoms with Gasteiger partial charge in [0, 0.05) is 0 Å². The van der Waals surface area contributed by atoms with Crippen LogP contribution in [0.5, 0.6) is 0 Å². The first kappa shape index (κ1) is 23.9. The van der Waals surface area contributed by atoms with Crippen molar-refractivity contribution in [3.8, 4) is 6.07 Å². The Hall–Kier alpha value is -2.71. The van der Waals surface area contributed by atoms with Crippen molar-refractivity contribution in [1.29, 1.82) is 5.26 Å². The van der Waals surface area contributed by atoms with Crippen LogP contribution in [0.3, 0.4) is 0 Å². The lowest BCUT2D eigenvalue weighted by Crippen LogP contribution is -2.52. The van der Waals surface area contributed by atoms with E-state index in [0.29, 0.717) is 6.61 Å². The van der Waals surface area contributed by atoms with Gasteiger partial charge in [-0.2, -0.15) is 5.26 Å². The zero-order valence-electron chi connectivity index (χ0n) is 19.7. The van der Waals surface area contributed by atoms with Crippen LogP contribution in [0.2, 0.25) is 19.6 Å². The summed E-state index contributed by atoms with van der Waals surface area (Å²) in [6.07, 6.45) is -0.769. The van der Waals surface area contributed by atoms with Crippen LogP contribution in [-0.2, 0) is 21.2 Å². The third-order valence-corrected chi connectivity index (χ3v) is 6.53. The summed E-state index contributed by atoms with van der Waals surface area (Å²) in [5.41, 5.74) is 3.08. The van der Waals surface area contributed by atoms with E-state index in [1.807, 2.05) is 67.6 Å². The Labute approximate surface area is 193 Å². The maximum atomic E-state index is 10.8. The molecule has 0 fully saturated rings. The predicted octanol–water partition coefficient (Wildman–Crippen LogP) is 6.63. The Morgan fingerprint density at radius 3 is 2.03 bits per heavy atom. The molecule has 4 heteroatoms. The first-order valence-corrected chi connectivity index (χ1v) is 14.5. The van der Waals surface area contributed by atoms with Crippen LogP contribution in [0.4, 0.5) is 0 Å². The van der Waals surface area contributed by atoms with Gasteiger partial charge in [-0.15, -0.1) is 0 Å². The molecule has 0 heterocycles. The highest BCUT2D eigenvalue weighted by atomic mass is 28.4. The minimum atomic E-state index is -2.03. The minimum absolute atomic E-state index is 0.303. The molecule has 0 saturated carbocycles. The molecule has 3 aromatic rings. The molecule has 0 N–H and O–H groups in total. The van der Waals surface area contributed by atoms with Crippen molar-refractivity contribution in [1.82, 2.24) is 0 Å². The van der Waals surface area contributed by atoms with Crippen molar-refractivity contribution in [2.24, 2.45) is 0 Å². The summed E-state index contributed by atoms with van der Waals surface area (Å²) in [7, 11) is -2.03. The van der Waals surface area contributed by atoms with Crippen LogP contribution in [0, 0.1) is 18.3 Å². The molecule has 0 aliphatic heterocycles. The standard InChI is InChI=1S/C28H33NO2Si/c1-22-13-12-18-26(19-22)28(21-29,25-16-10-7-11-17-25)27(31-32(3,4)5)23(2)30-20-24-14-8-6-9-15-24/h6-19,23,27H,20H2,1-5H3/t23-,27+,28-/m0/s1. The van der Waals surface area contributed by atoms with Crippen LogP contribution in [0.15, 0.2) is 84.9 Å². The second-order valence-electron chi connectivity index (χ2n) is 9.31. The Balaban J connectivity index is 2.12. The molecule has 3 rings (SSSR count). The largest absolute Gasteiger partial charge is 0.410 e. The maximum Gasteiger partial charge on any atom is 0.184 e. The first-order valence-electron chi connectivity index (χ1n) is 11.1. The lowest BCUT2D eigenvalue weighted by molar-refractivity contribution is -0.0436. The van der Waals surface area contributed by atoms with E-state index >= 15 is 0 Å². The van der Waals surface area contributed by atoms with E-state index in [0.717, 1.165) is 22.3 Å². The smallest absolute Gasteiger partial charge is 0.184 e. The van der Waals surface area contributed by atoms with Crippen LogP contribution in [0.25, 0.3) is 0 Å². The molecule has 0 unspecified atom stereocenters. The summed E-state index contributed by atoms with van der Waals surface area (Å²) in [6.45, 7) is 11.0. The van der Waals surface area contributed by atoms with Gasteiger partial charge in [0.1, 0.15) is 5.41 Å². The molecule has 3 atom stereocenters. The summed E-state index contributed by atoms with van der Waals surface area (Å²) in [4.78, 5) is 0. The van der Waals surface area contributed by atoms with Gasteiger partial charge in [0.15, 0.2) is 8.32 Å². The third-order valence-electron chi connectivity index (χ3n) is 5.57. The molecule has 0 aliphatic rings. The molecule has 3 nitrogen and oxygen atoms in total. The van der Waals surface area contributed by atoms with Gasteiger partial charge in [-0.25, -0.2) is 0 Å². The molecule has 32 heavy (non-hydrogen) atoms. The molecule has 0 bridgehead atoms. The number of ether oxygens (including phenoxy) is 1. The number of rotatable bonds is 9. The third kappa shape index (κ3) is 5.55. The van der Waals surface area contributed by atoms with Gasteiger partial charge in [-0.3, -0.25) is 0 Å². The number of nitrogens with zero attached hydrogens (tertiary/aromatic N) is 1. The van der Waals surface area contributed by atoms with E-state index in [1.165, 1.54) is 0 Å². The molecule has 166 valence electrons. The topological polar surface area (TPSA) is 42.2 Å². The van der Waals surface area contributed by atoms with Crippen molar-refractivity contribution < 1.29 is 9.16 Å². The molecular weight excluding hydrogens is 410 g/mol. The second kappa shape index (κ2) is 10.3. The first-order chi connectivity index (χ1) is 15.3. The Morgan fingerprint density at radius 2 is 1.47 bits per heavy atom. The molecule has 0 amide bonds. The number of hydrogen-bond donors (Lipinski definition) is 0. The molecule has 0 aliphatic carbocycles. The maximum absolute atomic E-state index is 10.8. The van der Waals surface area contributed by atoms with E-state index in [2.05, 4.69) is 56.9 Å². The Kier molecular flexibility index (Phi) is 7.68. The van der Waals surface area contributed by atoms with Crippen LogP contribution in [-0.4, -0.2) is 20.5 Å². The van der Waals surface area contributed by atoms with E-state index in [1.54, 1.807) is 0 Å². The van der Waals surface area contributed by atoms with Gasteiger partial charge in [-0.1, -0.05) is 90.5 Å². The molecule has 0 spiro atoms. The molecule has 3 aromatic carbocycles. The van der Waals surface area contributed by atoms with Gasteiger partial charge < -0.3 is 9.16 Å². The zero-order chi connectivity index (χ0) is 23.2. The molecule has 0 radical (unpaired) electrons. The predicted molar refractivity (Wildman–Crippen MR) is 133 cm³/mol. The monoisotopic (exact) mass is 443 g/mol. The van der Waals surface area contributed by atoms with Crippen molar-refractivity contribution in [2.45, 2.75) is 57.7 Å². The highest BCUT2D eigenvalue weighted by molar-refractivity contribution is 6.69. The van der Waals surface area contributed by atoms with Crippen LogP contribution < -0.4 is 0 Å². The van der Waals surface area contributed by atoms with E-state index < -0.39 is 19.8 Å². The van der Waals surface area contributed by atoms with E-state index in [-0.39, 0.29) is 6.10 Å². The average molecular weight is 444 g/mol. The number of hydrogen-bond acceptors (Lipinski definition) is 3. The minimum Gasteiger partial charge on any atom is -0.410 e. The summed E-state index contributed by atoms with van der Waals surface area (Å²) < 4.78 is 13.1. The van der Waals surface area contributed by atoms with Gasteiger partial charge in [-0.05, 0) is 50.2 Å².